The van der Waals surface area contributed by atoms with Gasteiger partial charge in [0.05, 0.1) is 5.54 Å². The molecular formula is C12H21N3O. The Balaban J connectivity index is 2.16. The lowest BCUT2D eigenvalue weighted by Crippen LogP contribution is -2.37. The normalized spacial score (nSPS) is 31.3. The average Bonchev–Trinajstić information content (AvgIpc) is 2.69. The molecule has 16 heavy (non-hydrogen) atoms. The fourth-order valence-electron chi connectivity index (χ4n) is 2.36. The van der Waals surface area contributed by atoms with E-state index in [1.54, 1.807) is 0 Å². The van der Waals surface area contributed by atoms with Crippen molar-refractivity contribution in [1.29, 1.82) is 0 Å². The average molecular weight is 223 g/mol. The molecule has 2 rings (SSSR count). The molecule has 4 heteroatoms. The minimum atomic E-state index is -0.359. The van der Waals surface area contributed by atoms with Crippen LogP contribution in [0, 0.1) is 5.92 Å². The van der Waals surface area contributed by atoms with Gasteiger partial charge in [-0.1, -0.05) is 31.8 Å². The van der Waals surface area contributed by atoms with Gasteiger partial charge in [0.25, 0.3) is 0 Å². The molecule has 0 saturated heterocycles. The number of aromatic nitrogens is 2. The van der Waals surface area contributed by atoms with Crippen molar-refractivity contribution < 1.29 is 4.52 Å². The molecule has 1 aromatic rings. The third-order valence-electron chi connectivity index (χ3n) is 3.62. The molecule has 0 spiro atoms. The molecule has 4 nitrogen and oxygen atoms in total. The molecule has 1 aromatic heterocycles. The van der Waals surface area contributed by atoms with E-state index in [9.17, 15) is 0 Å². The molecule has 90 valence electrons. The van der Waals surface area contributed by atoms with Crippen molar-refractivity contribution in [3.8, 4) is 0 Å². The molecule has 1 saturated carbocycles. The van der Waals surface area contributed by atoms with Gasteiger partial charge in [0.15, 0.2) is 5.82 Å². The fraction of sp³-hybridized carbons (Fsp3) is 0.833. The summed E-state index contributed by atoms with van der Waals surface area (Å²) in [7, 11) is 0. The van der Waals surface area contributed by atoms with Gasteiger partial charge in [-0.3, -0.25) is 0 Å². The molecule has 1 heterocycles. The standard InChI is InChI=1S/C12H21N3O/c1-3-10-14-11(15-16-10)12(13)7-4-5-9(2)6-8-12/h9H,3-8,13H2,1-2H3. The van der Waals surface area contributed by atoms with Crippen LogP contribution >= 0.6 is 0 Å². The van der Waals surface area contributed by atoms with Crippen LogP contribution in [0.3, 0.4) is 0 Å². The van der Waals surface area contributed by atoms with Crippen molar-refractivity contribution in [3.05, 3.63) is 11.7 Å². The van der Waals surface area contributed by atoms with E-state index in [-0.39, 0.29) is 5.54 Å². The summed E-state index contributed by atoms with van der Waals surface area (Å²) in [6.07, 6.45) is 6.30. The predicted molar refractivity (Wildman–Crippen MR) is 61.8 cm³/mol. The molecule has 2 unspecified atom stereocenters. The number of nitrogens with two attached hydrogens (primary N) is 1. The van der Waals surface area contributed by atoms with Crippen LogP contribution in [0.1, 0.15) is 57.7 Å². The molecule has 0 aliphatic heterocycles. The minimum Gasteiger partial charge on any atom is -0.339 e. The fourth-order valence-corrected chi connectivity index (χ4v) is 2.36. The van der Waals surface area contributed by atoms with Crippen LogP contribution in [0.5, 0.6) is 0 Å². The number of rotatable bonds is 2. The Morgan fingerprint density at radius 2 is 2.25 bits per heavy atom. The van der Waals surface area contributed by atoms with E-state index in [4.69, 9.17) is 10.3 Å². The third-order valence-corrected chi connectivity index (χ3v) is 3.62. The summed E-state index contributed by atoms with van der Waals surface area (Å²) in [5.41, 5.74) is 6.07. The molecule has 1 aliphatic carbocycles. The Kier molecular flexibility index (Phi) is 3.28. The Hall–Kier alpha value is -0.900. The van der Waals surface area contributed by atoms with Crippen LogP contribution in [0.25, 0.3) is 0 Å². The van der Waals surface area contributed by atoms with Crippen LogP contribution < -0.4 is 5.73 Å². The first kappa shape index (κ1) is 11.6. The third kappa shape index (κ3) is 2.26. The van der Waals surface area contributed by atoms with Gasteiger partial charge in [0, 0.05) is 6.42 Å². The highest BCUT2D eigenvalue weighted by molar-refractivity contribution is 5.04. The maximum atomic E-state index is 6.43. The second-order valence-corrected chi connectivity index (χ2v) is 5.06. The van der Waals surface area contributed by atoms with Crippen LogP contribution in [0.2, 0.25) is 0 Å². The van der Waals surface area contributed by atoms with Crippen molar-refractivity contribution in [1.82, 2.24) is 10.1 Å². The zero-order valence-corrected chi connectivity index (χ0v) is 10.2. The highest BCUT2D eigenvalue weighted by Crippen LogP contribution is 2.34. The van der Waals surface area contributed by atoms with Gasteiger partial charge in [-0.15, -0.1) is 0 Å². The first-order valence-corrected chi connectivity index (χ1v) is 6.26. The zero-order valence-electron chi connectivity index (χ0n) is 10.2. The Bertz CT molecular complexity index is 350. The van der Waals surface area contributed by atoms with Crippen LogP contribution in [0.4, 0.5) is 0 Å². The van der Waals surface area contributed by atoms with Crippen LogP contribution in [-0.4, -0.2) is 10.1 Å². The van der Waals surface area contributed by atoms with Gasteiger partial charge in [0.1, 0.15) is 0 Å². The summed E-state index contributed by atoms with van der Waals surface area (Å²) in [4.78, 5) is 4.39. The summed E-state index contributed by atoms with van der Waals surface area (Å²) in [6.45, 7) is 4.30. The second kappa shape index (κ2) is 4.53. The van der Waals surface area contributed by atoms with Gasteiger partial charge in [-0.05, 0) is 25.2 Å². The largest absolute Gasteiger partial charge is 0.339 e. The molecule has 0 amide bonds. The molecule has 2 atom stereocenters. The first-order valence-electron chi connectivity index (χ1n) is 6.26. The van der Waals surface area contributed by atoms with E-state index < -0.39 is 0 Å². The van der Waals surface area contributed by atoms with Crippen LogP contribution in [0.15, 0.2) is 4.52 Å². The second-order valence-electron chi connectivity index (χ2n) is 5.06. The van der Waals surface area contributed by atoms with E-state index in [0.717, 1.165) is 38.0 Å². The Morgan fingerprint density at radius 1 is 1.44 bits per heavy atom. The maximum absolute atomic E-state index is 6.43. The lowest BCUT2D eigenvalue weighted by Gasteiger charge is -2.23. The lowest BCUT2D eigenvalue weighted by molar-refractivity contribution is 0.322. The summed E-state index contributed by atoms with van der Waals surface area (Å²) >= 11 is 0. The van der Waals surface area contributed by atoms with Crippen molar-refractivity contribution >= 4 is 0 Å². The number of hydrogen-bond acceptors (Lipinski definition) is 4. The quantitative estimate of drug-likeness (QED) is 0.782. The topological polar surface area (TPSA) is 64.9 Å². The van der Waals surface area contributed by atoms with E-state index in [1.165, 1.54) is 6.42 Å². The minimum absolute atomic E-state index is 0.359. The summed E-state index contributed by atoms with van der Waals surface area (Å²) in [5, 5.41) is 4.04. The lowest BCUT2D eigenvalue weighted by atomic mass is 9.90. The first-order chi connectivity index (χ1) is 7.64. The maximum Gasteiger partial charge on any atom is 0.226 e. The molecule has 0 bridgehead atoms. The highest BCUT2D eigenvalue weighted by Gasteiger charge is 2.34. The van der Waals surface area contributed by atoms with Crippen molar-refractivity contribution in [2.75, 3.05) is 0 Å². The van der Waals surface area contributed by atoms with Gasteiger partial charge < -0.3 is 10.3 Å². The highest BCUT2D eigenvalue weighted by atomic mass is 16.5. The van der Waals surface area contributed by atoms with Gasteiger partial charge in [-0.2, -0.15) is 4.98 Å². The number of aryl methyl sites for hydroxylation is 1. The van der Waals surface area contributed by atoms with Crippen molar-refractivity contribution in [2.24, 2.45) is 11.7 Å². The van der Waals surface area contributed by atoms with E-state index >= 15 is 0 Å². The summed E-state index contributed by atoms with van der Waals surface area (Å²) < 4.78 is 5.16. The SMILES string of the molecule is CCc1nc(C2(N)CCCC(C)CC2)no1. The number of nitrogens with zero attached hydrogens (tertiary/aromatic N) is 2. The molecule has 0 radical (unpaired) electrons. The molecular weight excluding hydrogens is 202 g/mol. The van der Waals surface area contributed by atoms with Crippen molar-refractivity contribution in [3.63, 3.8) is 0 Å². The smallest absolute Gasteiger partial charge is 0.226 e. The monoisotopic (exact) mass is 223 g/mol. The molecule has 1 aliphatic rings. The summed E-state index contributed by atoms with van der Waals surface area (Å²) in [6, 6.07) is 0. The van der Waals surface area contributed by atoms with Gasteiger partial charge in [-0.25, -0.2) is 0 Å². The van der Waals surface area contributed by atoms with Crippen molar-refractivity contribution in [2.45, 2.75) is 57.9 Å². The number of hydrogen-bond donors (Lipinski definition) is 1. The van der Waals surface area contributed by atoms with Gasteiger partial charge >= 0.3 is 0 Å². The molecule has 1 fully saturated rings. The predicted octanol–water partition coefficient (Wildman–Crippen LogP) is 2.39. The Labute approximate surface area is 96.6 Å². The van der Waals surface area contributed by atoms with Gasteiger partial charge in [0.2, 0.25) is 5.89 Å². The molecule has 2 N–H and O–H groups in total. The van der Waals surface area contributed by atoms with E-state index in [2.05, 4.69) is 17.1 Å². The van der Waals surface area contributed by atoms with E-state index in [1.807, 2.05) is 6.92 Å². The summed E-state index contributed by atoms with van der Waals surface area (Å²) in [5.74, 6) is 2.17. The zero-order chi connectivity index (χ0) is 11.6. The van der Waals surface area contributed by atoms with E-state index in [0.29, 0.717) is 11.7 Å². The molecule has 0 aromatic carbocycles. The Morgan fingerprint density at radius 3 is 2.94 bits per heavy atom. The van der Waals surface area contributed by atoms with Crippen LogP contribution in [-0.2, 0) is 12.0 Å².